The van der Waals surface area contributed by atoms with Crippen molar-refractivity contribution in [2.75, 3.05) is 13.1 Å². The molecule has 2 fully saturated rings. The van der Waals surface area contributed by atoms with Crippen LogP contribution in [-0.4, -0.2) is 49.7 Å². The SMILES string of the molecule is Cc1c(CO)[nH]c2c(=O)n(-c3cc(-c4ccc(F)cc4C(=O)N4CC(F)C4)cc(C4CC4)n3)cc(C(F)(F)F)c12. The van der Waals surface area contributed by atoms with Gasteiger partial charge in [0.2, 0.25) is 0 Å². The maximum absolute atomic E-state index is 14.2. The van der Waals surface area contributed by atoms with Crippen LogP contribution in [0.4, 0.5) is 22.0 Å². The van der Waals surface area contributed by atoms with Crippen molar-refractivity contribution in [3.8, 4) is 16.9 Å². The topological polar surface area (TPSA) is 91.2 Å². The van der Waals surface area contributed by atoms with Gasteiger partial charge in [0.1, 0.15) is 23.3 Å². The lowest BCUT2D eigenvalue weighted by atomic mass is 9.96. The molecule has 2 N–H and O–H groups in total. The number of aromatic nitrogens is 3. The summed E-state index contributed by atoms with van der Waals surface area (Å²) in [5, 5.41) is 9.28. The van der Waals surface area contributed by atoms with Gasteiger partial charge in [0.05, 0.1) is 30.8 Å². The number of rotatable bonds is 5. The Morgan fingerprint density at radius 1 is 1.18 bits per heavy atom. The van der Waals surface area contributed by atoms with Crippen LogP contribution in [0.15, 0.2) is 41.3 Å². The first-order valence-electron chi connectivity index (χ1n) is 12.7. The smallest absolute Gasteiger partial charge is 0.390 e. The summed E-state index contributed by atoms with van der Waals surface area (Å²) in [6.45, 7) is 0.567. The number of halogens is 5. The van der Waals surface area contributed by atoms with E-state index < -0.39 is 41.8 Å². The third-order valence-corrected chi connectivity index (χ3v) is 7.50. The van der Waals surface area contributed by atoms with E-state index >= 15 is 0 Å². The number of amides is 1. The highest BCUT2D eigenvalue weighted by Gasteiger charge is 2.37. The Bertz CT molecular complexity index is 1730. The van der Waals surface area contributed by atoms with Crippen molar-refractivity contribution in [1.82, 2.24) is 19.4 Å². The molecule has 0 spiro atoms. The van der Waals surface area contributed by atoms with E-state index in [9.17, 15) is 36.6 Å². The molecule has 0 radical (unpaired) electrons. The first kappa shape index (κ1) is 26.2. The Morgan fingerprint density at radius 2 is 1.90 bits per heavy atom. The second-order valence-electron chi connectivity index (χ2n) is 10.3. The van der Waals surface area contributed by atoms with Crippen molar-refractivity contribution in [2.45, 2.75) is 44.6 Å². The molecule has 40 heavy (non-hydrogen) atoms. The summed E-state index contributed by atoms with van der Waals surface area (Å²) < 4.78 is 71.1. The maximum Gasteiger partial charge on any atom is 0.418 e. The number of nitrogens with one attached hydrogen (secondary N) is 1. The lowest BCUT2D eigenvalue weighted by molar-refractivity contribution is -0.136. The molecule has 1 saturated carbocycles. The number of nitrogens with zero attached hydrogens (tertiary/aromatic N) is 3. The summed E-state index contributed by atoms with van der Waals surface area (Å²) >= 11 is 0. The summed E-state index contributed by atoms with van der Waals surface area (Å²) in [6, 6.07) is 6.61. The van der Waals surface area contributed by atoms with Crippen LogP contribution in [0.2, 0.25) is 0 Å². The number of aryl methyl sites for hydroxylation is 1. The number of carbonyl (C=O) groups is 1. The molecular formula is C28H23F5N4O3. The monoisotopic (exact) mass is 558 g/mol. The fraction of sp³-hybridized carbons (Fsp3) is 0.321. The number of likely N-dealkylation sites (tertiary alicyclic amines) is 1. The molecule has 0 bridgehead atoms. The van der Waals surface area contributed by atoms with Gasteiger partial charge in [-0.05, 0) is 60.7 Å². The molecule has 2 aliphatic rings. The van der Waals surface area contributed by atoms with E-state index in [0.29, 0.717) is 17.5 Å². The molecule has 1 amide bonds. The van der Waals surface area contributed by atoms with Crippen LogP contribution in [0.5, 0.6) is 0 Å². The van der Waals surface area contributed by atoms with Gasteiger partial charge in [-0.3, -0.25) is 14.2 Å². The van der Waals surface area contributed by atoms with E-state index in [1.54, 1.807) is 6.07 Å². The fourth-order valence-electron chi connectivity index (χ4n) is 5.17. The van der Waals surface area contributed by atoms with Gasteiger partial charge in [-0.1, -0.05) is 6.07 Å². The highest BCUT2D eigenvalue weighted by molar-refractivity contribution is 6.01. The van der Waals surface area contributed by atoms with E-state index in [4.69, 9.17) is 0 Å². The molecule has 1 aliphatic carbocycles. The van der Waals surface area contributed by atoms with Gasteiger partial charge in [0, 0.05) is 28.9 Å². The summed E-state index contributed by atoms with van der Waals surface area (Å²) in [4.78, 5) is 35.0. The van der Waals surface area contributed by atoms with Crippen molar-refractivity contribution in [2.24, 2.45) is 0 Å². The standard InChI is InChI=1S/C28H23F5N4O3/c1-13-22(12-38)35-25-24(13)20(28(31,32)33)11-37(27(25)40)23-7-15(6-21(34-23)14-2-3-14)18-5-4-16(29)8-19(18)26(39)36-9-17(30)10-36/h4-8,11,14,17,35,38H,2-3,9-10,12H2,1H3. The number of aliphatic hydroxyl groups excluding tert-OH is 1. The lowest BCUT2D eigenvalue weighted by Crippen LogP contribution is -2.51. The Morgan fingerprint density at radius 3 is 2.52 bits per heavy atom. The molecule has 0 unspecified atom stereocenters. The van der Waals surface area contributed by atoms with Crippen LogP contribution >= 0.6 is 0 Å². The molecule has 12 heteroatoms. The Balaban J connectivity index is 1.57. The van der Waals surface area contributed by atoms with Crippen LogP contribution in [-0.2, 0) is 12.8 Å². The number of fused-ring (bicyclic) bond motifs is 1. The zero-order valence-corrected chi connectivity index (χ0v) is 21.1. The minimum Gasteiger partial charge on any atom is -0.390 e. The van der Waals surface area contributed by atoms with E-state index in [-0.39, 0.29) is 58.1 Å². The number of aromatic amines is 1. The summed E-state index contributed by atoms with van der Waals surface area (Å²) in [7, 11) is 0. The van der Waals surface area contributed by atoms with Gasteiger partial charge in [0.15, 0.2) is 0 Å². The normalized spacial score (nSPS) is 16.0. The van der Waals surface area contributed by atoms with E-state index in [1.165, 1.54) is 24.0 Å². The van der Waals surface area contributed by atoms with Crippen molar-refractivity contribution in [3.63, 3.8) is 0 Å². The first-order chi connectivity index (χ1) is 19.0. The van der Waals surface area contributed by atoms with Crippen LogP contribution in [0.1, 0.15) is 51.6 Å². The third kappa shape index (κ3) is 4.36. The van der Waals surface area contributed by atoms with Crippen LogP contribution in [0.3, 0.4) is 0 Å². The minimum absolute atomic E-state index is 0.0104. The Labute approximate surface area is 223 Å². The van der Waals surface area contributed by atoms with Crippen molar-refractivity contribution >= 4 is 16.8 Å². The first-order valence-corrected chi connectivity index (χ1v) is 12.7. The highest BCUT2D eigenvalue weighted by atomic mass is 19.4. The Kier molecular flexibility index (Phi) is 6.06. The quantitative estimate of drug-likeness (QED) is 0.337. The number of pyridine rings is 2. The molecule has 6 rings (SSSR count). The highest BCUT2D eigenvalue weighted by Crippen LogP contribution is 2.42. The predicted molar refractivity (Wildman–Crippen MR) is 136 cm³/mol. The number of benzene rings is 1. The molecular weight excluding hydrogens is 535 g/mol. The molecule has 7 nitrogen and oxygen atoms in total. The fourth-order valence-corrected chi connectivity index (χ4v) is 5.17. The number of H-pyrrole nitrogens is 1. The molecule has 4 heterocycles. The summed E-state index contributed by atoms with van der Waals surface area (Å²) in [5.41, 5.74) is -0.881. The molecule has 1 saturated heterocycles. The number of alkyl halides is 4. The van der Waals surface area contributed by atoms with Gasteiger partial charge in [0.25, 0.3) is 11.5 Å². The van der Waals surface area contributed by atoms with E-state index in [1.807, 2.05) is 0 Å². The van der Waals surface area contributed by atoms with Gasteiger partial charge >= 0.3 is 6.18 Å². The third-order valence-electron chi connectivity index (χ3n) is 7.50. The van der Waals surface area contributed by atoms with Crippen LogP contribution in [0.25, 0.3) is 27.8 Å². The van der Waals surface area contributed by atoms with Gasteiger partial charge in [-0.15, -0.1) is 0 Å². The average molecular weight is 559 g/mol. The van der Waals surface area contributed by atoms with Gasteiger partial charge in [-0.2, -0.15) is 13.2 Å². The van der Waals surface area contributed by atoms with Crippen molar-refractivity contribution in [1.29, 1.82) is 0 Å². The zero-order chi connectivity index (χ0) is 28.5. The second kappa shape index (κ2) is 9.26. The molecule has 1 aliphatic heterocycles. The lowest BCUT2D eigenvalue weighted by Gasteiger charge is -2.34. The van der Waals surface area contributed by atoms with Crippen molar-refractivity contribution < 1.29 is 31.9 Å². The maximum atomic E-state index is 14.2. The average Bonchev–Trinajstić information content (AvgIpc) is 3.69. The molecule has 3 aromatic heterocycles. The number of hydrogen-bond acceptors (Lipinski definition) is 4. The Hall–Kier alpha value is -4.06. The van der Waals surface area contributed by atoms with E-state index in [0.717, 1.165) is 29.5 Å². The largest absolute Gasteiger partial charge is 0.418 e. The van der Waals surface area contributed by atoms with Crippen LogP contribution < -0.4 is 5.56 Å². The number of hydrogen-bond donors (Lipinski definition) is 2. The molecule has 4 aromatic rings. The van der Waals surface area contributed by atoms with Crippen LogP contribution in [0, 0.1) is 12.7 Å². The molecule has 0 atom stereocenters. The summed E-state index contributed by atoms with van der Waals surface area (Å²) in [5.74, 6) is -1.35. The van der Waals surface area contributed by atoms with Gasteiger partial charge in [-0.25, -0.2) is 13.8 Å². The zero-order valence-electron chi connectivity index (χ0n) is 21.1. The number of carbonyl (C=O) groups excluding carboxylic acids is 1. The summed E-state index contributed by atoms with van der Waals surface area (Å²) in [6.07, 6.45) is -3.73. The second-order valence-corrected chi connectivity index (χ2v) is 10.3. The number of aliphatic hydroxyl groups is 1. The molecule has 208 valence electrons. The predicted octanol–water partition coefficient (Wildman–Crippen LogP) is 5.01. The minimum atomic E-state index is -4.83. The molecule has 1 aromatic carbocycles. The van der Waals surface area contributed by atoms with E-state index in [2.05, 4.69) is 9.97 Å². The van der Waals surface area contributed by atoms with Crippen molar-refractivity contribution in [3.05, 3.63) is 80.8 Å². The van der Waals surface area contributed by atoms with Gasteiger partial charge < -0.3 is 15.0 Å².